The summed E-state index contributed by atoms with van der Waals surface area (Å²) in [6.45, 7) is 11.3. The molecular weight excluding hydrogens is 433 g/mol. The zero-order valence-corrected chi connectivity index (χ0v) is 19.4. The molecule has 2 heterocycles. The maximum atomic E-state index is 13.3. The Morgan fingerprint density at radius 3 is 2.12 bits per heavy atom. The Morgan fingerprint density at radius 1 is 1.09 bits per heavy atom. The van der Waals surface area contributed by atoms with Crippen LogP contribution >= 0.6 is 0 Å². The number of ether oxygens (including phenoxy) is 2. The molecule has 0 atom stereocenters. The number of fused-ring (bicyclic) bond motifs is 1. The van der Waals surface area contributed by atoms with Crippen LogP contribution < -0.4 is 5.32 Å². The van der Waals surface area contributed by atoms with Gasteiger partial charge in [0.05, 0.1) is 24.4 Å². The molecule has 0 spiro atoms. The lowest BCUT2D eigenvalue weighted by Gasteiger charge is -2.34. The zero-order valence-electron chi connectivity index (χ0n) is 19.4. The van der Waals surface area contributed by atoms with Crippen LogP contribution in [0.25, 0.3) is 0 Å². The highest BCUT2D eigenvalue weighted by atomic mass is 19.4. The van der Waals surface area contributed by atoms with Crippen molar-refractivity contribution in [3.63, 3.8) is 0 Å². The van der Waals surface area contributed by atoms with Gasteiger partial charge in [-0.3, -0.25) is 9.69 Å². The van der Waals surface area contributed by atoms with Crippen molar-refractivity contribution in [3.8, 4) is 0 Å². The lowest BCUT2D eigenvalue weighted by molar-refractivity contribution is -0.208. The van der Waals surface area contributed by atoms with Gasteiger partial charge in [-0.05, 0) is 55.4 Å². The average Bonchev–Trinajstić information content (AvgIpc) is 3.08. The fourth-order valence-corrected chi connectivity index (χ4v) is 3.13. The number of hydrogen-bond acceptors (Lipinski definition) is 6. The number of hydrogen-bond donors (Lipinski definition) is 1. The first kappa shape index (κ1) is 25.5. The third-order valence-electron chi connectivity index (χ3n) is 5.12. The molecule has 2 rings (SSSR count). The molecule has 0 saturated heterocycles. The molecule has 180 valence electrons. The summed E-state index contributed by atoms with van der Waals surface area (Å²) in [4.78, 5) is 39.1. The molecule has 32 heavy (non-hydrogen) atoms. The topological polar surface area (TPSA) is 103 Å². The van der Waals surface area contributed by atoms with E-state index < -0.39 is 40.8 Å². The first-order valence-electron chi connectivity index (χ1n) is 10.0. The number of carbonyl (C=O) groups excluding carboxylic acids is 3. The summed E-state index contributed by atoms with van der Waals surface area (Å²) in [7, 11) is 0. The van der Waals surface area contributed by atoms with Gasteiger partial charge in [-0.25, -0.2) is 9.59 Å². The van der Waals surface area contributed by atoms with Crippen molar-refractivity contribution in [2.45, 2.75) is 79.3 Å². The van der Waals surface area contributed by atoms with E-state index >= 15 is 0 Å². The molecule has 0 saturated carbocycles. The normalized spacial score (nSPS) is 15.9. The number of anilines is 1. The molecular formula is C20H29F3N4O5. The third-order valence-corrected chi connectivity index (χ3v) is 5.12. The number of rotatable bonds is 3. The second-order valence-corrected chi connectivity index (χ2v) is 9.49. The predicted octanol–water partition coefficient (Wildman–Crippen LogP) is 4.40. The fraction of sp³-hybridized carbons (Fsp3) is 0.700. The Hall–Kier alpha value is -2.79. The quantitative estimate of drug-likeness (QED) is 0.714. The summed E-state index contributed by atoms with van der Waals surface area (Å²) in [5.74, 6) is -1.61. The Labute approximate surface area is 184 Å². The molecule has 1 aliphatic heterocycles. The summed E-state index contributed by atoms with van der Waals surface area (Å²) in [5.41, 5.74) is -4.22. The standard InChI is InChI=1S/C20H29F3N4O5/c1-9-31-16(30)27-12-11(10-26(19(12,7)8)15(29)32-17(2,3)4)13(25-27)24-14(28)18(5,6)20(21,22)23/h9-10H2,1-8H3,(H,24,25,28). The van der Waals surface area contributed by atoms with Gasteiger partial charge in [0.15, 0.2) is 5.82 Å². The molecule has 0 aliphatic carbocycles. The molecule has 0 unspecified atom stereocenters. The third kappa shape index (κ3) is 4.53. The van der Waals surface area contributed by atoms with Gasteiger partial charge >= 0.3 is 18.4 Å². The van der Waals surface area contributed by atoms with Crippen molar-refractivity contribution >= 4 is 23.9 Å². The van der Waals surface area contributed by atoms with Crippen LogP contribution in [0.2, 0.25) is 0 Å². The van der Waals surface area contributed by atoms with Crippen molar-refractivity contribution in [2.24, 2.45) is 5.41 Å². The number of alkyl halides is 3. The minimum Gasteiger partial charge on any atom is -0.448 e. The zero-order chi connectivity index (χ0) is 24.9. The minimum atomic E-state index is -4.81. The molecule has 1 N–H and O–H groups in total. The smallest absolute Gasteiger partial charge is 0.435 e. The van der Waals surface area contributed by atoms with Crippen molar-refractivity contribution in [1.82, 2.24) is 14.7 Å². The Balaban J connectivity index is 2.54. The molecule has 12 heteroatoms. The van der Waals surface area contributed by atoms with E-state index in [4.69, 9.17) is 9.47 Å². The van der Waals surface area contributed by atoms with Crippen molar-refractivity contribution < 1.29 is 37.0 Å². The maximum absolute atomic E-state index is 13.3. The number of amides is 2. The van der Waals surface area contributed by atoms with Gasteiger partial charge in [0.1, 0.15) is 11.0 Å². The van der Waals surface area contributed by atoms with Gasteiger partial charge in [-0.15, -0.1) is 5.10 Å². The van der Waals surface area contributed by atoms with E-state index in [2.05, 4.69) is 10.4 Å². The van der Waals surface area contributed by atoms with Gasteiger partial charge < -0.3 is 14.8 Å². The van der Waals surface area contributed by atoms with Crippen LogP contribution in [0.1, 0.15) is 66.6 Å². The number of halogens is 3. The molecule has 1 aromatic rings. The van der Waals surface area contributed by atoms with E-state index in [1.807, 2.05) is 0 Å². The van der Waals surface area contributed by atoms with E-state index in [0.29, 0.717) is 0 Å². The van der Waals surface area contributed by atoms with Crippen LogP contribution in [-0.2, 0) is 26.4 Å². The highest BCUT2D eigenvalue weighted by Crippen LogP contribution is 2.44. The van der Waals surface area contributed by atoms with Crippen LogP contribution in [0.4, 0.5) is 28.6 Å². The van der Waals surface area contributed by atoms with Crippen LogP contribution in [0, 0.1) is 5.41 Å². The molecule has 0 bridgehead atoms. The van der Waals surface area contributed by atoms with E-state index in [1.165, 1.54) is 4.90 Å². The van der Waals surface area contributed by atoms with Crippen molar-refractivity contribution in [2.75, 3.05) is 11.9 Å². The first-order valence-corrected chi connectivity index (χ1v) is 10.0. The SMILES string of the molecule is CCOC(=O)n1nc(NC(=O)C(C)(C)C(F)(F)F)c2c1C(C)(C)N(C(=O)OC(C)(C)C)C2. The molecule has 0 aromatic carbocycles. The van der Waals surface area contributed by atoms with Crippen LogP contribution in [0.3, 0.4) is 0 Å². The van der Waals surface area contributed by atoms with Crippen molar-refractivity contribution in [3.05, 3.63) is 11.3 Å². The van der Waals surface area contributed by atoms with E-state index in [1.54, 1.807) is 41.5 Å². The lowest BCUT2D eigenvalue weighted by Crippen LogP contribution is -2.45. The summed E-state index contributed by atoms with van der Waals surface area (Å²) in [6.07, 6.45) is -6.40. The highest BCUT2D eigenvalue weighted by Gasteiger charge is 2.54. The second kappa shape index (κ2) is 7.96. The second-order valence-electron chi connectivity index (χ2n) is 9.49. The van der Waals surface area contributed by atoms with Gasteiger partial charge in [-0.1, -0.05) is 0 Å². The number of nitrogens with one attached hydrogen (secondary N) is 1. The lowest BCUT2D eigenvalue weighted by atomic mass is 9.91. The largest absolute Gasteiger partial charge is 0.448 e. The molecule has 9 nitrogen and oxygen atoms in total. The van der Waals surface area contributed by atoms with Crippen LogP contribution in [0.5, 0.6) is 0 Å². The Kier molecular flexibility index (Phi) is 6.34. The van der Waals surface area contributed by atoms with Crippen LogP contribution in [0.15, 0.2) is 0 Å². The van der Waals surface area contributed by atoms with E-state index in [-0.39, 0.29) is 30.2 Å². The number of carbonyl (C=O) groups is 3. The van der Waals surface area contributed by atoms with Crippen LogP contribution in [-0.4, -0.2) is 51.2 Å². The predicted molar refractivity (Wildman–Crippen MR) is 108 cm³/mol. The Bertz CT molecular complexity index is 929. The van der Waals surface area contributed by atoms with Gasteiger partial charge in [0.2, 0.25) is 5.91 Å². The first-order chi connectivity index (χ1) is 14.3. The summed E-state index contributed by atoms with van der Waals surface area (Å²) in [5, 5.41) is 6.19. The number of nitrogens with zero attached hydrogens (tertiary/aromatic N) is 3. The van der Waals surface area contributed by atoms with E-state index in [9.17, 15) is 27.6 Å². The summed E-state index contributed by atoms with van der Waals surface area (Å²) in [6, 6.07) is 0. The van der Waals surface area contributed by atoms with E-state index in [0.717, 1.165) is 18.5 Å². The summed E-state index contributed by atoms with van der Waals surface area (Å²) >= 11 is 0. The maximum Gasteiger partial charge on any atom is 0.435 e. The van der Waals surface area contributed by atoms with Crippen molar-refractivity contribution in [1.29, 1.82) is 0 Å². The fourth-order valence-electron chi connectivity index (χ4n) is 3.13. The number of aromatic nitrogens is 2. The molecule has 2 amide bonds. The highest BCUT2D eigenvalue weighted by molar-refractivity contribution is 5.96. The average molecular weight is 462 g/mol. The molecule has 1 aliphatic rings. The van der Waals surface area contributed by atoms with Gasteiger partial charge in [0, 0.05) is 5.56 Å². The summed E-state index contributed by atoms with van der Waals surface area (Å²) < 4.78 is 51.2. The Morgan fingerprint density at radius 2 is 1.66 bits per heavy atom. The van der Waals surface area contributed by atoms with Gasteiger partial charge in [-0.2, -0.15) is 17.9 Å². The molecule has 0 fully saturated rings. The molecule has 1 aromatic heterocycles. The van der Waals surface area contributed by atoms with Gasteiger partial charge in [0.25, 0.3) is 0 Å². The monoisotopic (exact) mass is 462 g/mol. The minimum absolute atomic E-state index is 0.0203. The molecule has 0 radical (unpaired) electrons.